The average Bonchev–Trinajstić information content (AvgIpc) is 2.67. The van der Waals surface area contributed by atoms with Gasteiger partial charge in [-0.25, -0.2) is 4.79 Å². The van der Waals surface area contributed by atoms with Crippen molar-refractivity contribution in [2.75, 3.05) is 26.3 Å². The Morgan fingerprint density at radius 2 is 2.07 bits per heavy atom. The molecule has 2 heterocycles. The molecule has 5 heteroatoms. The second-order valence-electron chi connectivity index (χ2n) is 4.33. The second-order valence-corrected chi connectivity index (χ2v) is 4.33. The molecule has 2 amide bonds. The lowest BCUT2D eigenvalue weighted by atomic mass is 10.1. The van der Waals surface area contributed by atoms with Crippen LogP contribution in [0, 0.1) is 0 Å². The van der Waals surface area contributed by atoms with Crippen molar-refractivity contribution in [1.29, 1.82) is 0 Å². The first-order chi connectivity index (χ1) is 7.25. The molecule has 0 aromatic rings. The van der Waals surface area contributed by atoms with Gasteiger partial charge in [-0.3, -0.25) is 4.90 Å². The molecule has 0 radical (unpaired) electrons. The van der Waals surface area contributed by atoms with Gasteiger partial charge in [0.2, 0.25) is 0 Å². The minimum atomic E-state index is -0.408. The predicted molar refractivity (Wildman–Crippen MR) is 56.5 cm³/mol. The summed E-state index contributed by atoms with van der Waals surface area (Å²) in [7, 11) is 0. The number of amides is 2. The van der Waals surface area contributed by atoms with Crippen molar-refractivity contribution in [1.82, 2.24) is 10.2 Å². The summed E-state index contributed by atoms with van der Waals surface area (Å²) in [6.07, 6.45) is 3.24. The number of hydrogen-bond donors (Lipinski definition) is 2. The molecule has 0 aromatic carbocycles. The highest BCUT2D eigenvalue weighted by atomic mass is 16.5. The molecule has 0 aliphatic carbocycles. The van der Waals surface area contributed by atoms with E-state index in [1.165, 1.54) is 0 Å². The lowest BCUT2D eigenvalue weighted by Gasteiger charge is -2.30. The van der Waals surface area contributed by atoms with Crippen molar-refractivity contribution >= 4 is 6.03 Å². The number of nitrogens with one attached hydrogen (secondary N) is 1. The molecule has 0 bridgehead atoms. The zero-order chi connectivity index (χ0) is 10.7. The van der Waals surface area contributed by atoms with Crippen LogP contribution in [0.25, 0.3) is 0 Å². The number of carbonyl (C=O) groups excluding carboxylic acids is 1. The molecular formula is C10H19N3O2. The van der Waals surface area contributed by atoms with Crippen LogP contribution in [0.15, 0.2) is 0 Å². The standard InChI is InChI=1S/C10H19N3O2/c11-10(14)12-8-1-4-13(7-8)9-2-5-15-6-3-9/h8-9H,1-7H2,(H3,11,12,14)/t8-/m0/s1. The van der Waals surface area contributed by atoms with Gasteiger partial charge in [-0.1, -0.05) is 0 Å². The number of rotatable bonds is 2. The van der Waals surface area contributed by atoms with E-state index < -0.39 is 6.03 Å². The van der Waals surface area contributed by atoms with Crippen LogP contribution in [0.2, 0.25) is 0 Å². The van der Waals surface area contributed by atoms with Gasteiger partial charge in [0.1, 0.15) is 0 Å². The summed E-state index contributed by atoms with van der Waals surface area (Å²) in [5, 5.41) is 2.78. The molecule has 1 atom stereocenters. The Kier molecular flexibility index (Phi) is 3.43. The van der Waals surface area contributed by atoms with E-state index in [1.807, 2.05) is 0 Å². The molecule has 2 aliphatic rings. The topological polar surface area (TPSA) is 67.6 Å². The Morgan fingerprint density at radius 1 is 1.33 bits per heavy atom. The van der Waals surface area contributed by atoms with E-state index >= 15 is 0 Å². The van der Waals surface area contributed by atoms with Gasteiger partial charge in [0.15, 0.2) is 0 Å². The summed E-state index contributed by atoms with van der Waals surface area (Å²) < 4.78 is 5.33. The molecule has 5 nitrogen and oxygen atoms in total. The number of ether oxygens (including phenoxy) is 1. The third-order valence-electron chi connectivity index (χ3n) is 3.27. The highest BCUT2D eigenvalue weighted by Crippen LogP contribution is 2.19. The third kappa shape index (κ3) is 2.82. The van der Waals surface area contributed by atoms with Crippen LogP contribution in [-0.4, -0.2) is 49.3 Å². The molecule has 15 heavy (non-hydrogen) atoms. The first-order valence-electron chi connectivity index (χ1n) is 5.63. The highest BCUT2D eigenvalue weighted by molar-refractivity contribution is 5.72. The van der Waals surface area contributed by atoms with E-state index in [2.05, 4.69) is 10.2 Å². The fourth-order valence-corrected chi connectivity index (χ4v) is 2.49. The molecule has 0 unspecified atom stereocenters. The summed E-state index contributed by atoms with van der Waals surface area (Å²) in [5.74, 6) is 0. The maximum Gasteiger partial charge on any atom is 0.312 e. The van der Waals surface area contributed by atoms with Crippen molar-refractivity contribution in [3.8, 4) is 0 Å². The molecule has 0 spiro atoms. The van der Waals surface area contributed by atoms with Gasteiger partial charge in [0, 0.05) is 38.4 Å². The predicted octanol–water partition coefficient (Wildman–Crippen LogP) is -0.0920. The number of hydrogen-bond acceptors (Lipinski definition) is 3. The molecule has 0 aromatic heterocycles. The van der Waals surface area contributed by atoms with E-state index in [9.17, 15) is 4.79 Å². The van der Waals surface area contributed by atoms with Crippen molar-refractivity contribution in [2.24, 2.45) is 5.73 Å². The van der Waals surface area contributed by atoms with Crippen LogP contribution in [0.5, 0.6) is 0 Å². The van der Waals surface area contributed by atoms with Crippen LogP contribution in [-0.2, 0) is 4.74 Å². The van der Waals surface area contributed by atoms with Crippen LogP contribution in [0.4, 0.5) is 4.79 Å². The molecule has 2 rings (SSSR count). The van der Waals surface area contributed by atoms with Crippen molar-refractivity contribution in [2.45, 2.75) is 31.3 Å². The van der Waals surface area contributed by atoms with Crippen LogP contribution >= 0.6 is 0 Å². The summed E-state index contributed by atoms with van der Waals surface area (Å²) in [6.45, 7) is 3.74. The molecule has 86 valence electrons. The van der Waals surface area contributed by atoms with Crippen LogP contribution in [0.1, 0.15) is 19.3 Å². The number of nitrogens with two attached hydrogens (primary N) is 1. The number of primary amides is 1. The summed E-state index contributed by atoms with van der Waals surface area (Å²) in [4.78, 5) is 13.2. The van der Waals surface area contributed by atoms with E-state index in [0.29, 0.717) is 6.04 Å². The van der Waals surface area contributed by atoms with Crippen molar-refractivity contribution in [3.63, 3.8) is 0 Å². The Hall–Kier alpha value is -0.810. The summed E-state index contributed by atoms with van der Waals surface area (Å²) >= 11 is 0. The first-order valence-corrected chi connectivity index (χ1v) is 5.63. The van der Waals surface area contributed by atoms with Crippen molar-refractivity contribution < 1.29 is 9.53 Å². The second kappa shape index (κ2) is 4.81. The molecule has 2 fully saturated rings. The smallest absolute Gasteiger partial charge is 0.312 e. The summed E-state index contributed by atoms with van der Waals surface area (Å²) in [5.41, 5.74) is 5.11. The van der Waals surface area contributed by atoms with Crippen LogP contribution < -0.4 is 11.1 Å². The first kappa shape index (κ1) is 10.7. The van der Waals surface area contributed by atoms with Gasteiger partial charge in [0.25, 0.3) is 0 Å². The summed E-state index contributed by atoms with van der Waals surface area (Å²) in [6, 6.07) is 0.470. The normalized spacial score (nSPS) is 29.2. The van der Waals surface area contributed by atoms with E-state index in [0.717, 1.165) is 45.6 Å². The number of carbonyl (C=O) groups is 1. The van der Waals surface area contributed by atoms with E-state index in [4.69, 9.17) is 10.5 Å². The van der Waals surface area contributed by atoms with Gasteiger partial charge in [0.05, 0.1) is 0 Å². The van der Waals surface area contributed by atoms with Gasteiger partial charge in [-0.05, 0) is 19.3 Å². The lowest BCUT2D eigenvalue weighted by molar-refractivity contribution is 0.0417. The van der Waals surface area contributed by atoms with Gasteiger partial charge in [-0.2, -0.15) is 0 Å². The fourth-order valence-electron chi connectivity index (χ4n) is 2.49. The average molecular weight is 213 g/mol. The largest absolute Gasteiger partial charge is 0.381 e. The maximum absolute atomic E-state index is 10.7. The van der Waals surface area contributed by atoms with Crippen molar-refractivity contribution in [3.05, 3.63) is 0 Å². The zero-order valence-electron chi connectivity index (χ0n) is 8.95. The minimum Gasteiger partial charge on any atom is -0.381 e. The quantitative estimate of drug-likeness (QED) is 0.673. The monoisotopic (exact) mass is 213 g/mol. The Labute approximate surface area is 89.9 Å². The van der Waals surface area contributed by atoms with E-state index in [1.54, 1.807) is 0 Å². The molecule has 0 saturated carbocycles. The molecule has 2 aliphatic heterocycles. The molecular weight excluding hydrogens is 194 g/mol. The third-order valence-corrected chi connectivity index (χ3v) is 3.27. The van der Waals surface area contributed by atoms with Gasteiger partial charge >= 0.3 is 6.03 Å². The Bertz CT molecular complexity index is 229. The van der Waals surface area contributed by atoms with Gasteiger partial charge in [-0.15, -0.1) is 0 Å². The molecule has 2 saturated heterocycles. The maximum atomic E-state index is 10.7. The SMILES string of the molecule is NC(=O)N[C@H]1CCN(C2CCOCC2)C1. The van der Waals surface area contributed by atoms with E-state index in [-0.39, 0.29) is 6.04 Å². The number of nitrogens with zero attached hydrogens (tertiary/aromatic N) is 1. The Balaban J connectivity index is 1.78. The van der Waals surface area contributed by atoms with Crippen LogP contribution in [0.3, 0.4) is 0 Å². The number of likely N-dealkylation sites (tertiary alicyclic amines) is 1. The van der Waals surface area contributed by atoms with Gasteiger partial charge < -0.3 is 15.8 Å². The highest BCUT2D eigenvalue weighted by Gasteiger charge is 2.29. The zero-order valence-corrected chi connectivity index (χ0v) is 8.95. The molecule has 3 N–H and O–H groups in total. The lowest BCUT2D eigenvalue weighted by Crippen LogP contribution is -2.43. The number of urea groups is 1. The minimum absolute atomic E-state index is 0.241. The fraction of sp³-hybridized carbons (Fsp3) is 0.900. The Morgan fingerprint density at radius 3 is 2.73 bits per heavy atom.